The monoisotopic (exact) mass is 473 g/mol. The summed E-state index contributed by atoms with van der Waals surface area (Å²) in [7, 11) is 0. The Hall–Kier alpha value is -3.44. The quantitative estimate of drug-likeness (QED) is 0.653. The van der Waals surface area contributed by atoms with Crippen molar-refractivity contribution in [1.29, 1.82) is 0 Å². The van der Waals surface area contributed by atoms with Crippen molar-refractivity contribution in [3.8, 4) is 5.75 Å². The fourth-order valence-electron chi connectivity index (χ4n) is 3.42. The molecule has 1 fully saturated rings. The van der Waals surface area contributed by atoms with Gasteiger partial charge in [-0.1, -0.05) is 0 Å². The van der Waals surface area contributed by atoms with E-state index < -0.39 is 42.3 Å². The first-order chi connectivity index (χ1) is 15.5. The minimum Gasteiger partial charge on any atom is -0.435 e. The van der Waals surface area contributed by atoms with Gasteiger partial charge in [-0.3, -0.25) is 14.4 Å². The number of alkyl halides is 5. The zero-order valence-corrected chi connectivity index (χ0v) is 17.1. The molecule has 2 aromatic rings. The van der Waals surface area contributed by atoms with E-state index in [1.165, 1.54) is 29.2 Å². The normalized spacial score (nSPS) is 14.9. The first-order valence-electron chi connectivity index (χ1n) is 9.94. The topological polar surface area (TPSA) is 80.6 Å². The summed E-state index contributed by atoms with van der Waals surface area (Å²) in [5, 5.41) is 2.67. The molecule has 2 amide bonds. The second-order valence-electron chi connectivity index (χ2n) is 7.43. The molecule has 0 radical (unpaired) electrons. The van der Waals surface area contributed by atoms with E-state index in [-0.39, 0.29) is 24.7 Å². The lowest BCUT2D eigenvalue weighted by molar-refractivity contribution is -0.139. The fraction of sp³-hybridized carbons (Fsp3) is 0.381. The summed E-state index contributed by atoms with van der Waals surface area (Å²) >= 11 is 0. The van der Waals surface area contributed by atoms with Crippen molar-refractivity contribution in [1.82, 2.24) is 9.47 Å². The van der Waals surface area contributed by atoms with Crippen LogP contribution in [0.4, 0.5) is 27.6 Å². The summed E-state index contributed by atoms with van der Waals surface area (Å²) in [4.78, 5) is 38.2. The van der Waals surface area contributed by atoms with Gasteiger partial charge in [0.1, 0.15) is 12.3 Å². The van der Waals surface area contributed by atoms with Crippen molar-refractivity contribution in [2.45, 2.75) is 32.2 Å². The van der Waals surface area contributed by atoms with Gasteiger partial charge in [-0.2, -0.15) is 22.0 Å². The molecule has 0 spiro atoms. The van der Waals surface area contributed by atoms with Crippen LogP contribution in [0.3, 0.4) is 0 Å². The molecule has 33 heavy (non-hydrogen) atoms. The summed E-state index contributed by atoms with van der Waals surface area (Å²) in [6.45, 7) is -3.09. The lowest BCUT2D eigenvalue weighted by atomic mass is 9.95. The van der Waals surface area contributed by atoms with E-state index in [1.807, 2.05) is 0 Å². The van der Waals surface area contributed by atoms with Gasteiger partial charge in [-0.05, 0) is 43.2 Å². The summed E-state index contributed by atoms with van der Waals surface area (Å²) in [6.07, 6.45) is -3.39. The first-order valence-corrected chi connectivity index (χ1v) is 9.94. The van der Waals surface area contributed by atoms with Crippen LogP contribution in [0.1, 0.15) is 18.4 Å². The molecule has 1 saturated heterocycles. The number of rotatable bonds is 6. The third-order valence-corrected chi connectivity index (χ3v) is 5.18. The van der Waals surface area contributed by atoms with Gasteiger partial charge in [0, 0.05) is 37.0 Å². The van der Waals surface area contributed by atoms with Gasteiger partial charge in [0.15, 0.2) is 0 Å². The molecule has 12 heteroatoms. The Morgan fingerprint density at radius 3 is 2.27 bits per heavy atom. The van der Waals surface area contributed by atoms with E-state index in [4.69, 9.17) is 0 Å². The van der Waals surface area contributed by atoms with Gasteiger partial charge in [0.2, 0.25) is 11.8 Å². The van der Waals surface area contributed by atoms with E-state index >= 15 is 0 Å². The van der Waals surface area contributed by atoms with Gasteiger partial charge >= 0.3 is 12.8 Å². The molecule has 178 valence electrons. The molecule has 1 aromatic heterocycles. The third-order valence-electron chi connectivity index (χ3n) is 5.18. The minimum atomic E-state index is -4.64. The second-order valence-corrected chi connectivity index (χ2v) is 7.43. The van der Waals surface area contributed by atoms with E-state index in [9.17, 15) is 36.3 Å². The number of aromatic nitrogens is 1. The fourth-order valence-corrected chi connectivity index (χ4v) is 3.42. The Balaban J connectivity index is 1.52. The summed E-state index contributed by atoms with van der Waals surface area (Å²) in [5.41, 5.74) is -1.36. The molecule has 1 N–H and O–H groups in total. The Morgan fingerprint density at radius 1 is 1.06 bits per heavy atom. The highest BCUT2D eigenvalue weighted by Crippen LogP contribution is 2.28. The average Bonchev–Trinajstić information content (AvgIpc) is 2.75. The highest BCUT2D eigenvalue weighted by molar-refractivity contribution is 5.92. The molecule has 0 atom stereocenters. The highest BCUT2D eigenvalue weighted by atomic mass is 19.4. The van der Waals surface area contributed by atoms with Crippen molar-refractivity contribution < 1.29 is 36.3 Å². The molecule has 3 rings (SSSR count). The molecule has 1 aliphatic heterocycles. The molecule has 0 unspecified atom stereocenters. The number of hydrogen-bond donors (Lipinski definition) is 1. The highest BCUT2D eigenvalue weighted by Gasteiger charge is 2.32. The number of hydrogen-bond acceptors (Lipinski definition) is 4. The van der Waals surface area contributed by atoms with Crippen LogP contribution in [-0.2, 0) is 22.3 Å². The largest absolute Gasteiger partial charge is 0.435 e. The van der Waals surface area contributed by atoms with Crippen LogP contribution < -0.4 is 15.6 Å². The molecule has 0 aliphatic carbocycles. The number of benzene rings is 1. The van der Waals surface area contributed by atoms with E-state index in [0.29, 0.717) is 35.4 Å². The van der Waals surface area contributed by atoms with Crippen molar-refractivity contribution in [2.75, 3.05) is 18.4 Å². The summed E-state index contributed by atoms with van der Waals surface area (Å²) in [6, 6.07) is 6.84. The SMILES string of the molecule is O=C(Nc1ccc(OC(F)F)cc1)C1CCN(C(=O)Cn2cc(C(F)(F)F)ccc2=O)CC1. The third kappa shape index (κ3) is 6.53. The van der Waals surface area contributed by atoms with Crippen LogP contribution >= 0.6 is 0 Å². The number of anilines is 1. The van der Waals surface area contributed by atoms with Crippen LogP contribution in [0, 0.1) is 5.92 Å². The van der Waals surface area contributed by atoms with Crippen molar-refractivity contribution in [3.05, 3.63) is 58.5 Å². The number of pyridine rings is 1. The average molecular weight is 473 g/mol. The van der Waals surface area contributed by atoms with Gasteiger partial charge < -0.3 is 19.5 Å². The van der Waals surface area contributed by atoms with Gasteiger partial charge in [0.05, 0.1) is 5.56 Å². The van der Waals surface area contributed by atoms with Crippen LogP contribution in [0.2, 0.25) is 0 Å². The molecule has 1 aromatic carbocycles. The van der Waals surface area contributed by atoms with Crippen LogP contribution in [0.15, 0.2) is 47.4 Å². The van der Waals surface area contributed by atoms with Gasteiger partial charge in [-0.15, -0.1) is 0 Å². The van der Waals surface area contributed by atoms with Crippen LogP contribution in [0.5, 0.6) is 5.75 Å². The van der Waals surface area contributed by atoms with Crippen molar-refractivity contribution in [3.63, 3.8) is 0 Å². The Morgan fingerprint density at radius 2 is 1.70 bits per heavy atom. The maximum Gasteiger partial charge on any atom is 0.417 e. The molecule has 7 nitrogen and oxygen atoms in total. The Bertz CT molecular complexity index is 1050. The number of nitrogens with zero attached hydrogens (tertiary/aromatic N) is 2. The van der Waals surface area contributed by atoms with Crippen LogP contribution in [0.25, 0.3) is 0 Å². The lowest BCUT2D eigenvalue weighted by Crippen LogP contribution is -2.43. The Kier molecular flexibility index (Phi) is 7.34. The van der Waals surface area contributed by atoms with Crippen molar-refractivity contribution in [2.24, 2.45) is 5.92 Å². The molecule has 1 aliphatic rings. The molecule has 0 saturated carbocycles. The molecule has 0 bridgehead atoms. The zero-order valence-electron chi connectivity index (χ0n) is 17.1. The zero-order chi connectivity index (χ0) is 24.2. The number of carbonyl (C=O) groups excluding carboxylic acids is 2. The van der Waals surface area contributed by atoms with Gasteiger partial charge in [-0.25, -0.2) is 0 Å². The number of piperidine rings is 1. The number of halogens is 5. The number of nitrogens with one attached hydrogen (secondary N) is 1. The number of likely N-dealkylation sites (tertiary alicyclic amines) is 1. The molecule has 2 heterocycles. The predicted molar refractivity (Wildman–Crippen MR) is 107 cm³/mol. The summed E-state index contributed by atoms with van der Waals surface area (Å²) < 4.78 is 67.9. The van der Waals surface area contributed by atoms with E-state index in [1.54, 1.807) is 0 Å². The van der Waals surface area contributed by atoms with Gasteiger partial charge in [0.25, 0.3) is 5.56 Å². The van der Waals surface area contributed by atoms with Crippen molar-refractivity contribution >= 4 is 17.5 Å². The Labute approximate surface area is 184 Å². The van der Waals surface area contributed by atoms with Crippen LogP contribution in [-0.4, -0.2) is 41.0 Å². The predicted octanol–water partition coefficient (Wildman–Crippen LogP) is 3.35. The smallest absolute Gasteiger partial charge is 0.417 e. The molecular weight excluding hydrogens is 453 g/mol. The maximum atomic E-state index is 12.9. The maximum absolute atomic E-state index is 12.9. The lowest BCUT2D eigenvalue weighted by Gasteiger charge is -2.31. The second kappa shape index (κ2) is 10.0. The minimum absolute atomic E-state index is 0.0466. The first kappa shape index (κ1) is 24.2. The number of ether oxygens (including phenoxy) is 1. The van der Waals surface area contributed by atoms with E-state index in [2.05, 4.69) is 10.1 Å². The van der Waals surface area contributed by atoms with E-state index in [0.717, 1.165) is 6.07 Å². The number of carbonyl (C=O) groups is 2. The number of amides is 2. The molecular formula is C21H20F5N3O4. The standard InChI is InChI=1S/C21H20F5N3O4/c22-20(23)33-16-4-2-15(3-5-16)27-19(32)13-7-9-28(10-8-13)18(31)12-29-11-14(21(24,25)26)1-6-17(29)30/h1-6,11,13,20H,7-10,12H2,(H,27,32). The summed E-state index contributed by atoms with van der Waals surface area (Å²) in [5.74, 6) is -1.29.